The van der Waals surface area contributed by atoms with Crippen molar-refractivity contribution in [2.75, 3.05) is 13.2 Å². The molecule has 2 unspecified atom stereocenters. The molecule has 0 aliphatic rings. The molecule has 20 heavy (non-hydrogen) atoms. The van der Waals surface area contributed by atoms with Crippen LogP contribution in [0.2, 0.25) is 0 Å². The molecular weight excluding hydrogens is 318 g/mol. The highest BCUT2D eigenvalue weighted by molar-refractivity contribution is 9.10. The second kappa shape index (κ2) is 8.80. The van der Waals surface area contributed by atoms with Gasteiger partial charge in [0.25, 0.3) is 0 Å². The topological polar surface area (TPSA) is 39.1 Å². The third kappa shape index (κ3) is 4.30. The third-order valence-electron chi connectivity index (χ3n) is 3.32. The predicted octanol–water partition coefficient (Wildman–Crippen LogP) is 4.08. The number of rotatable bonds is 9. The summed E-state index contributed by atoms with van der Waals surface area (Å²) in [5.41, 5.74) is 1.19. The molecule has 2 atom stereocenters. The van der Waals surface area contributed by atoms with Crippen LogP contribution in [0.5, 0.6) is 0 Å². The summed E-state index contributed by atoms with van der Waals surface area (Å²) in [7, 11) is 0. The molecule has 1 N–H and O–H groups in total. The normalized spacial score (nSPS) is 14.8. The van der Waals surface area contributed by atoms with Crippen molar-refractivity contribution in [2.45, 2.75) is 65.6 Å². The first kappa shape index (κ1) is 17.7. The van der Waals surface area contributed by atoms with E-state index in [-0.39, 0.29) is 12.1 Å². The van der Waals surface area contributed by atoms with Gasteiger partial charge in [-0.2, -0.15) is 5.10 Å². The maximum absolute atomic E-state index is 5.99. The molecule has 0 aromatic carbocycles. The summed E-state index contributed by atoms with van der Waals surface area (Å²) in [4.78, 5) is 0. The van der Waals surface area contributed by atoms with Crippen LogP contribution < -0.4 is 5.32 Å². The van der Waals surface area contributed by atoms with Crippen LogP contribution in [-0.4, -0.2) is 29.0 Å². The van der Waals surface area contributed by atoms with Crippen LogP contribution >= 0.6 is 15.9 Å². The fourth-order valence-corrected chi connectivity index (χ4v) is 3.04. The van der Waals surface area contributed by atoms with E-state index in [1.54, 1.807) is 0 Å². The van der Waals surface area contributed by atoms with Crippen molar-refractivity contribution in [2.24, 2.45) is 0 Å². The predicted molar refractivity (Wildman–Crippen MR) is 87.1 cm³/mol. The zero-order valence-corrected chi connectivity index (χ0v) is 14.9. The maximum Gasteiger partial charge on any atom is 0.0785 e. The lowest BCUT2D eigenvalue weighted by Crippen LogP contribution is -2.36. The molecule has 5 heteroatoms. The Morgan fingerprint density at radius 3 is 2.55 bits per heavy atom. The molecule has 0 aliphatic carbocycles. The number of halogens is 1. The van der Waals surface area contributed by atoms with Gasteiger partial charge in [0, 0.05) is 12.6 Å². The highest BCUT2D eigenvalue weighted by Gasteiger charge is 2.28. The average molecular weight is 346 g/mol. The summed E-state index contributed by atoms with van der Waals surface area (Å²) >= 11 is 3.65. The number of ether oxygens (including phenoxy) is 1. The molecular formula is C15H28BrN3O. The second-order valence-corrected chi connectivity index (χ2v) is 6.09. The van der Waals surface area contributed by atoms with Gasteiger partial charge in [0.2, 0.25) is 0 Å². The molecule has 1 aromatic rings. The van der Waals surface area contributed by atoms with Gasteiger partial charge in [-0.05, 0) is 49.7 Å². The molecule has 1 heterocycles. The molecule has 4 nitrogen and oxygen atoms in total. The number of hydrogen-bond acceptors (Lipinski definition) is 3. The fourth-order valence-electron chi connectivity index (χ4n) is 2.52. The molecule has 0 bridgehead atoms. The highest BCUT2D eigenvalue weighted by Crippen LogP contribution is 2.30. The summed E-state index contributed by atoms with van der Waals surface area (Å²) in [6, 6.07) is 0.500. The Kier molecular flexibility index (Phi) is 7.77. The van der Waals surface area contributed by atoms with E-state index >= 15 is 0 Å². The van der Waals surface area contributed by atoms with Crippen molar-refractivity contribution in [1.82, 2.24) is 15.1 Å². The summed E-state index contributed by atoms with van der Waals surface area (Å²) in [6.45, 7) is 12.3. The van der Waals surface area contributed by atoms with Gasteiger partial charge in [0.1, 0.15) is 0 Å². The Morgan fingerprint density at radius 1 is 1.35 bits per heavy atom. The van der Waals surface area contributed by atoms with Crippen LogP contribution in [0.1, 0.15) is 65.2 Å². The van der Waals surface area contributed by atoms with Gasteiger partial charge in [0.15, 0.2) is 0 Å². The monoisotopic (exact) mass is 345 g/mol. The fraction of sp³-hybridized carbons (Fsp3) is 0.800. The molecule has 116 valence electrons. The van der Waals surface area contributed by atoms with E-state index in [1.165, 1.54) is 5.69 Å². The molecule has 0 aliphatic heterocycles. The summed E-state index contributed by atoms with van der Waals surface area (Å²) in [5, 5.41) is 8.07. The minimum Gasteiger partial charge on any atom is -0.376 e. The lowest BCUT2D eigenvalue weighted by Gasteiger charge is -2.29. The molecule has 0 saturated carbocycles. The quantitative estimate of drug-likeness (QED) is 0.732. The Balaban J connectivity index is 3.13. The Hall–Kier alpha value is -0.390. The van der Waals surface area contributed by atoms with Gasteiger partial charge in [0.05, 0.1) is 28.5 Å². The zero-order valence-electron chi connectivity index (χ0n) is 13.3. The van der Waals surface area contributed by atoms with Crippen molar-refractivity contribution in [3.8, 4) is 0 Å². The highest BCUT2D eigenvalue weighted by atomic mass is 79.9. The van der Waals surface area contributed by atoms with Gasteiger partial charge in [-0.3, -0.25) is 4.68 Å². The van der Waals surface area contributed by atoms with E-state index < -0.39 is 0 Å². The van der Waals surface area contributed by atoms with Gasteiger partial charge >= 0.3 is 0 Å². The number of nitrogens with zero attached hydrogens (tertiary/aromatic N) is 2. The number of likely N-dealkylation sites (N-methyl/N-ethyl adjacent to an activating group) is 1. The smallest absolute Gasteiger partial charge is 0.0785 e. The summed E-state index contributed by atoms with van der Waals surface area (Å²) in [6.07, 6.45) is 4.21. The Morgan fingerprint density at radius 2 is 2.05 bits per heavy atom. The van der Waals surface area contributed by atoms with Crippen LogP contribution in [0.25, 0.3) is 0 Å². The van der Waals surface area contributed by atoms with Crippen molar-refractivity contribution in [3.63, 3.8) is 0 Å². The van der Waals surface area contributed by atoms with Gasteiger partial charge in [-0.1, -0.05) is 20.3 Å². The van der Waals surface area contributed by atoms with Gasteiger partial charge in [-0.15, -0.1) is 0 Å². The van der Waals surface area contributed by atoms with Crippen molar-refractivity contribution in [3.05, 3.63) is 16.4 Å². The number of hydrogen-bond donors (Lipinski definition) is 1. The van der Waals surface area contributed by atoms with E-state index in [2.05, 4.69) is 65.6 Å². The third-order valence-corrected chi connectivity index (χ3v) is 3.93. The van der Waals surface area contributed by atoms with Crippen LogP contribution in [0, 0.1) is 0 Å². The minimum absolute atomic E-state index is 0.166. The van der Waals surface area contributed by atoms with Gasteiger partial charge < -0.3 is 10.1 Å². The van der Waals surface area contributed by atoms with Crippen molar-refractivity contribution in [1.29, 1.82) is 0 Å². The lowest BCUT2D eigenvalue weighted by molar-refractivity contribution is 0.0253. The molecule has 0 fully saturated rings. The Bertz CT molecular complexity index is 386. The van der Waals surface area contributed by atoms with E-state index in [4.69, 9.17) is 4.74 Å². The molecule has 0 radical (unpaired) electrons. The van der Waals surface area contributed by atoms with E-state index in [0.717, 1.165) is 30.5 Å². The number of nitrogens with one attached hydrogen (secondary N) is 1. The summed E-state index contributed by atoms with van der Waals surface area (Å²) in [5.74, 6) is 0. The first-order valence-electron chi connectivity index (χ1n) is 7.64. The van der Waals surface area contributed by atoms with Crippen LogP contribution in [0.15, 0.2) is 10.7 Å². The molecule has 0 saturated heterocycles. The molecule has 1 aromatic heterocycles. The van der Waals surface area contributed by atoms with Crippen LogP contribution in [-0.2, 0) is 4.74 Å². The average Bonchev–Trinajstić information content (AvgIpc) is 2.78. The van der Waals surface area contributed by atoms with Crippen molar-refractivity contribution >= 4 is 15.9 Å². The number of aromatic nitrogens is 2. The van der Waals surface area contributed by atoms with Crippen LogP contribution in [0.3, 0.4) is 0 Å². The molecule has 0 spiro atoms. The minimum atomic E-state index is 0.166. The molecule has 1 rings (SSSR count). The van der Waals surface area contributed by atoms with E-state index in [0.29, 0.717) is 6.04 Å². The van der Waals surface area contributed by atoms with Crippen molar-refractivity contribution < 1.29 is 4.74 Å². The first-order valence-corrected chi connectivity index (χ1v) is 8.43. The van der Waals surface area contributed by atoms with Crippen LogP contribution in [0.4, 0.5) is 0 Å². The lowest BCUT2D eigenvalue weighted by atomic mass is 10.0. The zero-order chi connectivity index (χ0) is 15.1. The SMILES string of the molecule is CCCC(OCC)C(NCC)c1c(Br)cnn1C(C)C. The second-order valence-electron chi connectivity index (χ2n) is 5.23. The van der Waals surface area contributed by atoms with E-state index in [1.807, 2.05) is 6.20 Å². The first-order chi connectivity index (χ1) is 9.56. The molecule has 0 amide bonds. The standard InChI is InChI=1S/C15H28BrN3O/c1-6-9-13(20-8-3)14(17-7-2)15-12(16)10-18-19(15)11(4)5/h10-11,13-14,17H,6-9H2,1-5H3. The maximum atomic E-state index is 5.99. The Labute approximate surface area is 131 Å². The largest absolute Gasteiger partial charge is 0.376 e. The summed E-state index contributed by atoms with van der Waals surface area (Å²) < 4.78 is 9.12. The van der Waals surface area contributed by atoms with Gasteiger partial charge in [-0.25, -0.2) is 0 Å². The van der Waals surface area contributed by atoms with E-state index in [9.17, 15) is 0 Å².